The summed E-state index contributed by atoms with van der Waals surface area (Å²) in [6.45, 7) is 4.26. The molecule has 0 unspecified atom stereocenters. The molecule has 12 heavy (non-hydrogen) atoms. The molecule has 0 aromatic heterocycles. The Kier molecular flexibility index (Phi) is 2.69. The molecule has 4 atom stereocenters. The molecule has 1 aliphatic rings. The molecule has 0 bridgehead atoms. The molecule has 0 aromatic rings. The van der Waals surface area contributed by atoms with Crippen molar-refractivity contribution in [2.75, 3.05) is 6.54 Å². The molecule has 0 saturated carbocycles. The fraction of sp³-hybridized carbons (Fsp3) is 0.875. The lowest BCUT2D eigenvalue weighted by Gasteiger charge is -2.12. The van der Waals surface area contributed by atoms with Gasteiger partial charge in [0.15, 0.2) is 6.10 Å². The van der Waals surface area contributed by atoms with Gasteiger partial charge >= 0.3 is 5.97 Å². The van der Waals surface area contributed by atoms with Gasteiger partial charge in [-0.15, -0.1) is 0 Å². The van der Waals surface area contributed by atoms with E-state index in [1.165, 1.54) is 0 Å². The Morgan fingerprint density at radius 3 is 2.33 bits per heavy atom. The molecule has 4 nitrogen and oxygen atoms in total. The minimum absolute atomic E-state index is 0.0519. The van der Waals surface area contributed by atoms with Crippen molar-refractivity contribution < 1.29 is 14.6 Å². The van der Waals surface area contributed by atoms with Crippen LogP contribution in [0.25, 0.3) is 0 Å². The van der Waals surface area contributed by atoms with Gasteiger partial charge in [-0.2, -0.15) is 0 Å². The SMILES string of the molecule is C[C@H]1[C@H](C)[C@@H](CN)O[C@@H]1C(=O)O. The van der Waals surface area contributed by atoms with Crippen LogP contribution in [0.1, 0.15) is 13.8 Å². The largest absolute Gasteiger partial charge is 0.479 e. The van der Waals surface area contributed by atoms with Crippen molar-refractivity contribution in [1.29, 1.82) is 0 Å². The molecule has 0 amide bonds. The molecule has 3 N–H and O–H groups in total. The van der Waals surface area contributed by atoms with Crippen LogP contribution in [0.2, 0.25) is 0 Å². The van der Waals surface area contributed by atoms with Gasteiger partial charge in [0.05, 0.1) is 6.10 Å². The first-order valence-corrected chi connectivity index (χ1v) is 4.16. The number of carboxylic acid groups (broad SMARTS) is 1. The molecule has 0 spiro atoms. The number of nitrogens with two attached hydrogens (primary N) is 1. The highest BCUT2D eigenvalue weighted by molar-refractivity contribution is 5.73. The highest BCUT2D eigenvalue weighted by Gasteiger charge is 2.42. The lowest BCUT2D eigenvalue weighted by molar-refractivity contribution is -0.150. The van der Waals surface area contributed by atoms with Crippen LogP contribution >= 0.6 is 0 Å². The summed E-state index contributed by atoms with van der Waals surface area (Å²) in [6, 6.07) is 0. The van der Waals surface area contributed by atoms with Gasteiger partial charge in [-0.3, -0.25) is 0 Å². The average molecular weight is 173 g/mol. The number of ether oxygens (including phenoxy) is 1. The van der Waals surface area contributed by atoms with Gasteiger partial charge in [0.1, 0.15) is 0 Å². The monoisotopic (exact) mass is 173 g/mol. The summed E-state index contributed by atoms with van der Waals surface area (Å²) < 4.78 is 5.27. The van der Waals surface area contributed by atoms with Crippen molar-refractivity contribution in [2.45, 2.75) is 26.1 Å². The Balaban J connectivity index is 2.66. The maximum Gasteiger partial charge on any atom is 0.333 e. The predicted octanol–water partition coefficient (Wildman–Crippen LogP) is 0.0693. The zero-order chi connectivity index (χ0) is 9.30. The van der Waals surface area contributed by atoms with Gasteiger partial charge in [-0.25, -0.2) is 4.79 Å². The maximum absolute atomic E-state index is 10.7. The Hall–Kier alpha value is -0.610. The number of hydrogen-bond donors (Lipinski definition) is 2. The minimum atomic E-state index is -0.884. The van der Waals surface area contributed by atoms with Crippen molar-refractivity contribution >= 4 is 5.97 Å². The predicted molar refractivity (Wildman–Crippen MR) is 43.7 cm³/mol. The van der Waals surface area contributed by atoms with Crippen LogP contribution in [0.15, 0.2) is 0 Å². The first-order valence-electron chi connectivity index (χ1n) is 4.16. The van der Waals surface area contributed by atoms with Gasteiger partial charge in [0.25, 0.3) is 0 Å². The van der Waals surface area contributed by atoms with Crippen LogP contribution < -0.4 is 5.73 Å². The highest BCUT2D eigenvalue weighted by Crippen LogP contribution is 2.31. The second-order valence-electron chi connectivity index (χ2n) is 3.39. The number of rotatable bonds is 2. The van der Waals surface area contributed by atoms with E-state index in [1.807, 2.05) is 13.8 Å². The van der Waals surface area contributed by atoms with Crippen molar-refractivity contribution in [1.82, 2.24) is 0 Å². The highest BCUT2D eigenvalue weighted by atomic mass is 16.5. The zero-order valence-corrected chi connectivity index (χ0v) is 7.36. The van der Waals surface area contributed by atoms with Crippen molar-refractivity contribution in [3.05, 3.63) is 0 Å². The average Bonchev–Trinajstić information content (AvgIpc) is 2.30. The standard InChI is InChI=1S/C8H15NO3/c1-4-5(2)7(8(10)11)12-6(4)3-9/h4-7H,3,9H2,1-2H3,(H,10,11)/t4-,5-,6+,7-/m0/s1. The zero-order valence-electron chi connectivity index (χ0n) is 7.36. The van der Waals surface area contributed by atoms with Crippen LogP contribution in [-0.2, 0) is 9.53 Å². The normalized spacial score (nSPS) is 41.6. The minimum Gasteiger partial charge on any atom is -0.479 e. The molecule has 70 valence electrons. The van der Waals surface area contributed by atoms with Gasteiger partial charge < -0.3 is 15.6 Å². The van der Waals surface area contributed by atoms with E-state index >= 15 is 0 Å². The van der Waals surface area contributed by atoms with E-state index in [0.717, 1.165) is 0 Å². The van der Waals surface area contributed by atoms with E-state index in [-0.39, 0.29) is 17.9 Å². The Morgan fingerprint density at radius 2 is 2.08 bits per heavy atom. The van der Waals surface area contributed by atoms with Crippen LogP contribution in [0.4, 0.5) is 0 Å². The van der Waals surface area contributed by atoms with Crippen LogP contribution in [-0.4, -0.2) is 29.8 Å². The van der Waals surface area contributed by atoms with E-state index in [4.69, 9.17) is 15.6 Å². The second kappa shape index (κ2) is 3.41. The van der Waals surface area contributed by atoms with Crippen molar-refractivity contribution in [3.63, 3.8) is 0 Å². The van der Waals surface area contributed by atoms with Crippen molar-refractivity contribution in [3.8, 4) is 0 Å². The summed E-state index contributed by atoms with van der Waals surface area (Å²) in [6.07, 6.45) is -0.769. The lowest BCUT2D eigenvalue weighted by atomic mass is 9.90. The fourth-order valence-corrected chi connectivity index (χ4v) is 1.60. The summed E-state index contributed by atoms with van der Waals surface area (Å²) in [7, 11) is 0. The van der Waals surface area contributed by atoms with E-state index in [9.17, 15) is 4.79 Å². The topological polar surface area (TPSA) is 72.5 Å². The third-order valence-electron chi connectivity index (χ3n) is 2.69. The summed E-state index contributed by atoms with van der Waals surface area (Å²) in [5, 5.41) is 8.75. The van der Waals surface area contributed by atoms with Gasteiger partial charge in [0, 0.05) is 6.54 Å². The summed E-state index contributed by atoms with van der Waals surface area (Å²) in [4.78, 5) is 10.7. The number of hydrogen-bond acceptors (Lipinski definition) is 3. The molecule has 0 aliphatic carbocycles. The summed E-state index contributed by atoms with van der Waals surface area (Å²) in [5.74, 6) is -0.600. The maximum atomic E-state index is 10.7. The number of carboxylic acids is 1. The van der Waals surface area contributed by atoms with Crippen LogP contribution in [0.5, 0.6) is 0 Å². The van der Waals surface area contributed by atoms with Gasteiger partial charge in [-0.1, -0.05) is 13.8 Å². The third kappa shape index (κ3) is 1.44. The molecule has 0 radical (unpaired) electrons. The first-order chi connectivity index (χ1) is 5.57. The van der Waals surface area contributed by atoms with E-state index < -0.39 is 12.1 Å². The Bertz CT molecular complexity index is 183. The Morgan fingerprint density at radius 1 is 1.50 bits per heavy atom. The van der Waals surface area contributed by atoms with E-state index in [0.29, 0.717) is 6.54 Å². The van der Waals surface area contributed by atoms with E-state index in [2.05, 4.69) is 0 Å². The van der Waals surface area contributed by atoms with E-state index in [1.54, 1.807) is 0 Å². The number of aliphatic carboxylic acids is 1. The van der Waals surface area contributed by atoms with Crippen LogP contribution in [0.3, 0.4) is 0 Å². The van der Waals surface area contributed by atoms with Gasteiger partial charge in [0.2, 0.25) is 0 Å². The molecular formula is C8H15NO3. The molecule has 1 aliphatic heterocycles. The van der Waals surface area contributed by atoms with Gasteiger partial charge in [-0.05, 0) is 11.8 Å². The molecule has 0 aromatic carbocycles. The smallest absolute Gasteiger partial charge is 0.333 e. The fourth-order valence-electron chi connectivity index (χ4n) is 1.60. The molecular weight excluding hydrogens is 158 g/mol. The molecule has 1 saturated heterocycles. The summed E-state index contributed by atoms with van der Waals surface area (Å²) in [5.41, 5.74) is 5.43. The first kappa shape index (κ1) is 9.48. The molecule has 1 fully saturated rings. The third-order valence-corrected chi connectivity index (χ3v) is 2.69. The molecule has 1 rings (SSSR count). The summed E-state index contributed by atoms with van der Waals surface area (Å²) >= 11 is 0. The number of carbonyl (C=O) groups is 1. The molecule has 4 heteroatoms. The Labute approximate surface area is 71.7 Å². The second-order valence-corrected chi connectivity index (χ2v) is 3.39. The quantitative estimate of drug-likeness (QED) is 0.619. The van der Waals surface area contributed by atoms with Crippen LogP contribution in [0, 0.1) is 11.8 Å². The molecule has 1 heterocycles. The van der Waals surface area contributed by atoms with Crippen molar-refractivity contribution in [2.24, 2.45) is 17.6 Å². The lowest BCUT2D eigenvalue weighted by Crippen LogP contribution is -2.26.